The van der Waals surface area contributed by atoms with Gasteiger partial charge in [0.1, 0.15) is 17.0 Å². The Morgan fingerprint density at radius 3 is 2.75 bits per heavy atom. The van der Waals surface area contributed by atoms with Crippen LogP contribution < -0.4 is 5.43 Å². The molecule has 2 aliphatic rings. The number of nitroso groups, excluding NO2 is 1. The van der Waals surface area contributed by atoms with Crippen molar-refractivity contribution in [2.75, 3.05) is 0 Å². The van der Waals surface area contributed by atoms with Crippen molar-refractivity contribution in [1.29, 1.82) is 0 Å². The SMILES string of the molecule is C#C/C=C(N=O)\C(=C/C)c1c2ccc(=O)cc-2oc2ccccc12. The van der Waals surface area contributed by atoms with Gasteiger partial charge in [-0.2, -0.15) is 0 Å². The second kappa shape index (κ2) is 6.35. The van der Waals surface area contributed by atoms with Gasteiger partial charge in [0.15, 0.2) is 5.43 Å². The Balaban J connectivity index is 2.49. The fraction of sp³-hybridized carbons (Fsp3) is 0.0500. The average Bonchev–Trinajstić information content (AvgIpc) is 2.60. The molecular formula is C20H13NO3. The minimum atomic E-state index is -0.151. The zero-order chi connectivity index (χ0) is 17.1. The van der Waals surface area contributed by atoms with Gasteiger partial charge < -0.3 is 4.42 Å². The van der Waals surface area contributed by atoms with Crippen molar-refractivity contribution < 1.29 is 4.42 Å². The van der Waals surface area contributed by atoms with Gasteiger partial charge in [0, 0.05) is 34.2 Å². The highest BCUT2D eigenvalue weighted by Crippen LogP contribution is 2.39. The van der Waals surface area contributed by atoms with Crippen molar-refractivity contribution >= 4 is 16.5 Å². The predicted octanol–water partition coefficient (Wildman–Crippen LogP) is 4.58. The molecule has 4 nitrogen and oxygen atoms in total. The number of benzene rings is 2. The topological polar surface area (TPSA) is 59.6 Å². The van der Waals surface area contributed by atoms with Crippen molar-refractivity contribution in [1.82, 2.24) is 0 Å². The van der Waals surface area contributed by atoms with Gasteiger partial charge in [0.05, 0.1) is 0 Å². The first kappa shape index (κ1) is 15.4. The van der Waals surface area contributed by atoms with Crippen LogP contribution in [0.3, 0.4) is 0 Å². The third kappa shape index (κ3) is 2.53. The third-order valence-corrected chi connectivity index (χ3v) is 3.75. The van der Waals surface area contributed by atoms with Gasteiger partial charge in [-0.3, -0.25) is 4.79 Å². The standard InChI is InChI=1S/C20H13NO3/c1-3-7-17(21-23)14(4-2)20-15-8-5-6-9-18(15)24-19-12-13(22)10-11-16(19)20/h1,4-12H,2H3/b14-4+,17-7+. The van der Waals surface area contributed by atoms with Crippen molar-refractivity contribution in [2.24, 2.45) is 5.18 Å². The summed E-state index contributed by atoms with van der Waals surface area (Å²) in [4.78, 5) is 22.9. The number of para-hydroxylation sites is 1. The first-order valence-electron chi connectivity index (χ1n) is 7.32. The molecule has 0 saturated heterocycles. The van der Waals surface area contributed by atoms with E-state index in [0.29, 0.717) is 22.5 Å². The lowest BCUT2D eigenvalue weighted by Crippen LogP contribution is -2.02. The van der Waals surface area contributed by atoms with Crippen molar-refractivity contribution in [2.45, 2.75) is 6.92 Å². The van der Waals surface area contributed by atoms with E-state index in [2.05, 4.69) is 11.1 Å². The van der Waals surface area contributed by atoms with Crippen LogP contribution in [0.15, 0.2) is 74.7 Å². The molecule has 1 aromatic rings. The van der Waals surface area contributed by atoms with Crippen LogP contribution in [-0.2, 0) is 0 Å². The molecule has 0 fully saturated rings. The molecule has 1 heterocycles. The molecule has 0 unspecified atom stereocenters. The molecule has 0 aromatic heterocycles. The molecule has 1 aliphatic carbocycles. The molecule has 24 heavy (non-hydrogen) atoms. The van der Waals surface area contributed by atoms with E-state index < -0.39 is 0 Å². The lowest BCUT2D eigenvalue weighted by Gasteiger charge is -2.16. The van der Waals surface area contributed by atoms with Gasteiger partial charge in [-0.15, -0.1) is 11.3 Å². The van der Waals surface area contributed by atoms with Gasteiger partial charge >= 0.3 is 0 Å². The van der Waals surface area contributed by atoms with E-state index in [4.69, 9.17) is 10.8 Å². The minimum absolute atomic E-state index is 0.151. The maximum Gasteiger partial charge on any atom is 0.182 e. The van der Waals surface area contributed by atoms with E-state index in [1.165, 1.54) is 18.2 Å². The molecule has 3 rings (SSSR count). The van der Waals surface area contributed by atoms with Crippen LogP contribution in [0.4, 0.5) is 0 Å². The molecule has 0 atom stereocenters. The normalized spacial score (nSPS) is 12.3. The summed E-state index contributed by atoms with van der Waals surface area (Å²) >= 11 is 0. The molecule has 0 radical (unpaired) electrons. The van der Waals surface area contributed by atoms with Crippen LogP contribution in [0, 0.1) is 17.3 Å². The van der Waals surface area contributed by atoms with E-state index in [9.17, 15) is 9.70 Å². The Kier molecular flexibility index (Phi) is 4.09. The summed E-state index contributed by atoms with van der Waals surface area (Å²) in [6.45, 7) is 1.80. The van der Waals surface area contributed by atoms with Crippen LogP contribution >= 0.6 is 0 Å². The summed E-state index contributed by atoms with van der Waals surface area (Å²) in [7, 11) is 0. The van der Waals surface area contributed by atoms with Crippen LogP contribution in [-0.4, -0.2) is 0 Å². The Labute approximate surface area is 138 Å². The molecule has 4 heteroatoms. The van der Waals surface area contributed by atoms with Gasteiger partial charge in [0.2, 0.25) is 0 Å². The number of hydrogen-bond acceptors (Lipinski definition) is 4. The van der Waals surface area contributed by atoms with Crippen LogP contribution in [0.25, 0.3) is 27.9 Å². The monoisotopic (exact) mass is 315 g/mol. The van der Waals surface area contributed by atoms with E-state index in [-0.39, 0.29) is 11.1 Å². The average molecular weight is 315 g/mol. The molecule has 0 amide bonds. The second-order valence-electron chi connectivity index (χ2n) is 5.12. The Hall–Kier alpha value is -3.45. The molecular weight excluding hydrogens is 302 g/mol. The molecule has 0 bridgehead atoms. The lowest BCUT2D eigenvalue weighted by molar-refractivity contribution is 0.618. The molecule has 0 spiro atoms. The van der Waals surface area contributed by atoms with Gasteiger partial charge in [-0.05, 0) is 30.3 Å². The molecule has 116 valence electrons. The maximum absolute atomic E-state index is 11.7. The highest BCUT2D eigenvalue weighted by Gasteiger charge is 2.20. The summed E-state index contributed by atoms with van der Waals surface area (Å²) in [6, 6.07) is 12.0. The largest absolute Gasteiger partial charge is 0.456 e. The Bertz CT molecular complexity index is 1060. The van der Waals surface area contributed by atoms with Gasteiger partial charge in [0.25, 0.3) is 0 Å². The van der Waals surface area contributed by atoms with E-state index in [0.717, 1.165) is 10.9 Å². The summed E-state index contributed by atoms with van der Waals surface area (Å²) in [6.07, 6.45) is 8.41. The summed E-state index contributed by atoms with van der Waals surface area (Å²) < 4.78 is 5.84. The van der Waals surface area contributed by atoms with Crippen molar-refractivity contribution in [3.05, 3.63) is 81.0 Å². The fourth-order valence-corrected chi connectivity index (χ4v) is 2.76. The van der Waals surface area contributed by atoms with Crippen molar-refractivity contribution in [3.63, 3.8) is 0 Å². The highest BCUT2D eigenvalue weighted by molar-refractivity contribution is 6.01. The molecule has 0 saturated carbocycles. The second-order valence-corrected chi connectivity index (χ2v) is 5.12. The summed E-state index contributed by atoms with van der Waals surface area (Å²) in [5.41, 5.74) is 2.68. The Morgan fingerprint density at radius 2 is 2.04 bits per heavy atom. The number of nitrogens with zero attached hydrogens (tertiary/aromatic N) is 1. The quantitative estimate of drug-likeness (QED) is 0.307. The van der Waals surface area contributed by atoms with E-state index >= 15 is 0 Å². The van der Waals surface area contributed by atoms with Crippen LogP contribution in [0.2, 0.25) is 0 Å². The lowest BCUT2D eigenvalue weighted by atomic mass is 9.91. The Morgan fingerprint density at radius 1 is 1.25 bits per heavy atom. The van der Waals surface area contributed by atoms with Crippen molar-refractivity contribution in [3.8, 4) is 23.7 Å². The third-order valence-electron chi connectivity index (χ3n) is 3.75. The summed E-state index contributed by atoms with van der Waals surface area (Å²) in [5, 5.41) is 3.87. The fourth-order valence-electron chi connectivity index (χ4n) is 2.76. The molecule has 1 aromatic carbocycles. The summed E-state index contributed by atoms with van der Waals surface area (Å²) in [5.74, 6) is 2.78. The first-order valence-corrected chi connectivity index (χ1v) is 7.32. The van der Waals surface area contributed by atoms with Crippen LogP contribution in [0.5, 0.6) is 0 Å². The zero-order valence-electron chi connectivity index (χ0n) is 12.9. The molecule has 0 N–H and O–H groups in total. The number of allylic oxidation sites excluding steroid dienone is 3. The first-order chi connectivity index (χ1) is 11.7. The number of hydrogen-bond donors (Lipinski definition) is 0. The maximum atomic E-state index is 11.7. The van der Waals surface area contributed by atoms with E-state index in [1.54, 1.807) is 19.1 Å². The van der Waals surface area contributed by atoms with E-state index in [1.807, 2.05) is 24.3 Å². The number of rotatable bonds is 3. The smallest absolute Gasteiger partial charge is 0.182 e. The molecule has 1 aliphatic heterocycles. The predicted molar refractivity (Wildman–Crippen MR) is 95.5 cm³/mol. The van der Waals surface area contributed by atoms with Crippen LogP contribution in [0.1, 0.15) is 12.5 Å². The number of terminal acetylenes is 1. The zero-order valence-corrected chi connectivity index (χ0v) is 12.9. The van der Waals surface area contributed by atoms with Gasteiger partial charge in [-0.1, -0.05) is 30.2 Å². The highest BCUT2D eigenvalue weighted by atomic mass is 16.3. The van der Waals surface area contributed by atoms with Gasteiger partial charge in [-0.25, -0.2) is 0 Å². The minimum Gasteiger partial charge on any atom is -0.456 e. The number of fused-ring (bicyclic) bond motifs is 2.